The smallest absolute Gasteiger partial charge is 0.327 e. The van der Waals surface area contributed by atoms with E-state index in [0.717, 1.165) is 17.6 Å². The van der Waals surface area contributed by atoms with Crippen LogP contribution in [0.15, 0.2) is 35.6 Å². The summed E-state index contributed by atoms with van der Waals surface area (Å²) in [5, 5.41) is 9.35. The van der Waals surface area contributed by atoms with Gasteiger partial charge in [0.25, 0.3) is 0 Å². The third-order valence-corrected chi connectivity index (χ3v) is 3.92. The van der Waals surface area contributed by atoms with E-state index in [2.05, 4.69) is 6.58 Å². The second kappa shape index (κ2) is 5.63. The van der Waals surface area contributed by atoms with E-state index >= 15 is 0 Å². The lowest BCUT2D eigenvalue weighted by atomic mass is 9.98. The van der Waals surface area contributed by atoms with E-state index in [9.17, 15) is 14.7 Å². The van der Waals surface area contributed by atoms with Gasteiger partial charge in [-0.25, -0.2) is 4.79 Å². The average molecular weight is 276 g/mol. The molecule has 5 heteroatoms. The lowest BCUT2D eigenvalue weighted by Crippen LogP contribution is -2.43. The van der Waals surface area contributed by atoms with Crippen molar-refractivity contribution in [2.24, 2.45) is 11.7 Å². The van der Waals surface area contributed by atoms with E-state index in [4.69, 9.17) is 5.73 Å². The van der Waals surface area contributed by atoms with E-state index in [-0.39, 0.29) is 24.8 Å². The van der Waals surface area contributed by atoms with Gasteiger partial charge in [-0.3, -0.25) is 9.69 Å². The van der Waals surface area contributed by atoms with Crippen molar-refractivity contribution in [2.75, 3.05) is 6.54 Å². The minimum Gasteiger partial charge on any atom is -0.480 e. The largest absolute Gasteiger partial charge is 0.480 e. The quantitative estimate of drug-likeness (QED) is 0.816. The molecule has 20 heavy (non-hydrogen) atoms. The van der Waals surface area contributed by atoms with Crippen LogP contribution in [-0.4, -0.2) is 34.5 Å². The normalized spacial score (nSPS) is 27.2. The molecule has 0 spiro atoms. The summed E-state index contributed by atoms with van der Waals surface area (Å²) in [4.78, 5) is 25.4. The number of nitrogens with two attached hydrogens (primary N) is 1. The molecule has 0 bridgehead atoms. The van der Waals surface area contributed by atoms with Crippen molar-refractivity contribution in [3.8, 4) is 0 Å². The molecule has 108 valence electrons. The molecule has 0 aromatic heterocycles. The second-order valence-electron chi connectivity index (χ2n) is 5.22. The summed E-state index contributed by atoms with van der Waals surface area (Å²) in [6.45, 7) is 6.09. The van der Waals surface area contributed by atoms with E-state index in [1.165, 1.54) is 4.90 Å². The fourth-order valence-electron chi connectivity index (χ4n) is 2.94. The lowest BCUT2D eigenvalue weighted by molar-refractivity contribution is -0.148. The first-order valence-corrected chi connectivity index (χ1v) is 6.81. The van der Waals surface area contributed by atoms with Crippen LogP contribution >= 0.6 is 0 Å². The zero-order chi connectivity index (χ0) is 14.9. The standard InChI is InChI=1S/C15H20N2O3/c1-3-4-10-5-6-11(8-16)14(18)17-12(15(19)20)7-9(2)13(10)17/h3-4,11-12H,2,5-8,16H2,1H3,(H,19,20)/b4-3-. The fraction of sp³-hybridized carbons (Fsp3) is 0.467. The second-order valence-corrected chi connectivity index (χ2v) is 5.22. The topological polar surface area (TPSA) is 83.6 Å². The van der Waals surface area contributed by atoms with Gasteiger partial charge < -0.3 is 10.8 Å². The molecule has 2 aliphatic rings. The Morgan fingerprint density at radius 1 is 1.60 bits per heavy atom. The molecule has 5 nitrogen and oxygen atoms in total. The highest BCUT2D eigenvalue weighted by Gasteiger charge is 2.44. The van der Waals surface area contributed by atoms with Gasteiger partial charge >= 0.3 is 5.97 Å². The van der Waals surface area contributed by atoms with Crippen LogP contribution in [0.25, 0.3) is 0 Å². The summed E-state index contributed by atoms with van der Waals surface area (Å²) in [5.74, 6) is -1.50. The number of carbonyl (C=O) groups excluding carboxylic acids is 1. The van der Waals surface area contributed by atoms with Crippen molar-refractivity contribution in [2.45, 2.75) is 32.2 Å². The lowest BCUT2D eigenvalue weighted by Gasteiger charge is -2.25. The minimum atomic E-state index is -0.994. The first kappa shape index (κ1) is 14.5. The van der Waals surface area contributed by atoms with Gasteiger partial charge in [0.05, 0.1) is 11.6 Å². The Bertz CT molecular complexity index is 519. The maximum atomic E-state index is 12.6. The highest BCUT2D eigenvalue weighted by Crippen LogP contribution is 2.39. The van der Waals surface area contributed by atoms with Crippen LogP contribution in [0.4, 0.5) is 0 Å². The van der Waals surface area contributed by atoms with Gasteiger partial charge in [0.15, 0.2) is 0 Å². The Hall–Kier alpha value is -1.88. The molecule has 2 rings (SSSR count). The van der Waals surface area contributed by atoms with Gasteiger partial charge in [-0.05, 0) is 30.9 Å². The van der Waals surface area contributed by atoms with Gasteiger partial charge in [-0.15, -0.1) is 0 Å². The molecule has 2 heterocycles. The summed E-state index contributed by atoms with van der Waals surface area (Å²) in [6, 6.07) is -0.850. The molecule has 0 radical (unpaired) electrons. The van der Waals surface area contributed by atoms with Gasteiger partial charge in [-0.2, -0.15) is 0 Å². The molecular weight excluding hydrogens is 256 g/mol. The number of nitrogens with zero attached hydrogens (tertiary/aromatic N) is 1. The predicted octanol–water partition coefficient (Wildman–Crippen LogP) is 1.43. The maximum absolute atomic E-state index is 12.6. The molecule has 0 aromatic rings. The molecule has 0 saturated carbocycles. The van der Waals surface area contributed by atoms with Gasteiger partial charge in [0.1, 0.15) is 6.04 Å². The van der Waals surface area contributed by atoms with Gasteiger partial charge in [0.2, 0.25) is 5.91 Å². The number of aliphatic carboxylic acids is 1. The number of carbonyl (C=O) groups is 2. The summed E-state index contributed by atoms with van der Waals surface area (Å²) in [7, 11) is 0. The van der Waals surface area contributed by atoms with E-state index in [0.29, 0.717) is 12.1 Å². The van der Waals surface area contributed by atoms with Gasteiger partial charge in [-0.1, -0.05) is 18.7 Å². The number of carboxylic acids is 1. The molecule has 0 aromatic carbocycles. The van der Waals surface area contributed by atoms with E-state index in [1.807, 2.05) is 19.1 Å². The van der Waals surface area contributed by atoms with Crippen LogP contribution in [0, 0.1) is 5.92 Å². The van der Waals surface area contributed by atoms with Crippen molar-refractivity contribution in [1.29, 1.82) is 0 Å². The molecular formula is C15H20N2O3. The van der Waals surface area contributed by atoms with E-state index < -0.39 is 12.0 Å². The summed E-state index contributed by atoms with van der Waals surface area (Å²) < 4.78 is 0. The summed E-state index contributed by atoms with van der Waals surface area (Å²) in [6.07, 6.45) is 5.48. The monoisotopic (exact) mass is 276 g/mol. The molecule has 2 aliphatic heterocycles. The Morgan fingerprint density at radius 2 is 2.30 bits per heavy atom. The average Bonchev–Trinajstić information content (AvgIpc) is 2.68. The Balaban J connectivity index is 2.55. The van der Waals surface area contributed by atoms with Crippen LogP contribution in [0.2, 0.25) is 0 Å². The van der Waals surface area contributed by atoms with Crippen LogP contribution in [0.5, 0.6) is 0 Å². The molecule has 1 amide bonds. The Labute approximate surface area is 118 Å². The molecule has 2 atom stereocenters. The van der Waals surface area contributed by atoms with Crippen LogP contribution < -0.4 is 5.73 Å². The van der Waals surface area contributed by atoms with Crippen LogP contribution in [-0.2, 0) is 9.59 Å². The summed E-state index contributed by atoms with van der Waals surface area (Å²) >= 11 is 0. The predicted molar refractivity (Wildman–Crippen MR) is 75.6 cm³/mol. The molecule has 2 unspecified atom stereocenters. The first-order chi connectivity index (χ1) is 9.51. The highest BCUT2D eigenvalue weighted by atomic mass is 16.4. The number of fused-ring (bicyclic) bond motifs is 1. The first-order valence-electron chi connectivity index (χ1n) is 6.81. The minimum absolute atomic E-state index is 0.187. The van der Waals surface area contributed by atoms with Gasteiger partial charge in [0, 0.05) is 13.0 Å². The van der Waals surface area contributed by atoms with Crippen LogP contribution in [0.1, 0.15) is 26.2 Å². The zero-order valence-electron chi connectivity index (χ0n) is 11.6. The van der Waals surface area contributed by atoms with E-state index in [1.54, 1.807) is 0 Å². The van der Waals surface area contributed by atoms with Crippen molar-refractivity contribution < 1.29 is 14.7 Å². The highest BCUT2D eigenvalue weighted by molar-refractivity contribution is 5.90. The Kier molecular flexibility index (Phi) is 4.09. The summed E-state index contributed by atoms with van der Waals surface area (Å²) in [5.41, 5.74) is 8.06. The number of amides is 1. The SMILES string of the molecule is C=C1CC(C(=O)O)N2C(=O)C(CN)CCC(/C=C\C)=C12. The zero-order valence-corrected chi connectivity index (χ0v) is 11.6. The van der Waals surface area contributed by atoms with Crippen molar-refractivity contribution in [1.82, 2.24) is 4.90 Å². The van der Waals surface area contributed by atoms with Crippen molar-refractivity contribution >= 4 is 11.9 Å². The maximum Gasteiger partial charge on any atom is 0.327 e. The fourth-order valence-corrected chi connectivity index (χ4v) is 2.94. The number of hydrogen-bond acceptors (Lipinski definition) is 3. The van der Waals surface area contributed by atoms with Crippen LogP contribution in [0.3, 0.4) is 0 Å². The molecule has 1 fully saturated rings. The van der Waals surface area contributed by atoms with Crippen molar-refractivity contribution in [3.05, 3.63) is 35.6 Å². The number of rotatable bonds is 3. The number of hydrogen-bond donors (Lipinski definition) is 2. The third-order valence-electron chi connectivity index (χ3n) is 3.92. The Morgan fingerprint density at radius 3 is 2.85 bits per heavy atom. The number of allylic oxidation sites excluding steroid dienone is 4. The number of carboxylic acid groups (broad SMARTS) is 1. The third kappa shape index (κ3) is 2.29. The van der Waals surface area contributed by atoms with Crippen molar-refractivity contribution in [3.63, 3.8) is 0 Å². The molecule has 1 saturated heterocycles. The molecule has 0 aliphatic carbocycles. The molecule has 3 N–H and O–H groups in total.